The second-order valence-electron chi connectivity index (χ2n) is 5.20. The molecular weight excluding hydrogens is 272 g/mol. The molecule has 0 aliphatic rings. The lowest BCUT2D eigenvalue weighted by Crippen LogP contribution is -2.35. The van der Waals surface area contributed by atoms with Gasteiger partial charge >= 0.3 is 0 Å². The summed E-state index contributed by atoms with van der Waals surface area (Å²) in [6.45, 7) is 7.00. The van der Waals surface area contributed by atoms with Crippen LogP contribution in [0.3, 0.4) is 0 Å². The number of hydrogen-bond donors (Lipinski definition) is 1. The Morgan fingerprint density at radius 3 is 2.26 bits per heavy atom. The first-order valence-electron chi connectivity index (χ1n) is 5.88. The largest absolute Gasteiger partial charge is 0.493 e. The first-order chi connectivity index (χ1) is 8.68. The third-order valence-electron chi connectivity index (χ3n) is 2.57. The van der Waals surface area contributed by atoms with Crippen LogP contribution in [0.5, 0.6) is 5.75 Å². The monoisotopic (exact) mass is 291 g/mol. The average Bonchev–Trinajstić information content (AvgIpc) is 2.30. The van der Waals surface area contributed by atoms with Crippen molar-refractivity contribution in [3.05, 3.63) is 29.3 Å². The first kappa shape index (κ1) is 16.0. The summed E-state index contributed by atoms with van der Waals surface area (Å²) in [6.07, 6.45) is 0. The summed E-state index contributed by atoms with van der Waals surface area (Å²) in [5, 5.41) is 0. The zero-order valence-electron chi connectivity index (χ0n) is 11.7. The fraction of sp³-hybridized carbons (Fsp3) is 0.538. The molecule has 1 N–H and O–H groups in total. The molecule has 0 spiro atoms. The molecule has 19 heavy (non-hydrogen) atoms. The second-order valence-corrected chi connectivity index (χ2v) is 7.19. The predicted molar refractivity (Wildman–Crippen MR) is 72.4 cm³/mol. The van der Waals surface area contributed by atoms with E-state index in [0.717, 1.165) is 12.1 Å². The molecule has 0 aliphatic heterocycles. The Kier molecular flexibility index (Phi) is 5.04. The Balaban J connectivity index is 3.10. The standard InChI is InChI=1S/C13H19F2NO2S/c1-8(16-19(17)13(2,3)4)11-9(14)6-7-10(15)12(11)18-5/h6-8,16H,1-5H3/t8-,19+/m1/s1. The molecule has 0 amide bonds. The number of benzene rings is 1. The van der Waals surface area contributed by atoms with Crippen molar-refractivity contribution >= 4 is 11.0 Å². The van der Waals surface area contributed by atoms with E-state index < -0.39 is 33.4 Å². The van der Waals surface area contributed by atoms with Crippen LogP contribution in [0.1, 0.15) is 39.3 Å². The van der Waals surface area contributed by atoms with Gasteiger partial charge in [0.25, 0.3) is 0 Å². The van der Waals surface area contributed by atoms with E-state index in [1.807, 2.05) is 0 Å². The van der Waals surface area contributed by atoms with Crippen molar-refractivity contribution in [2.24, 2.45) is 0 Å². The number of rotatable bonds is 4. The summed E-state index contributed by atoms with van der Waals surface area (Å²) in [4.78, 5) is 0. The molecule has 2 atom stereocenters. The van der Waals surface area contributed by atoms with Crippen LogP contribution in [-0.4, -0.2) is 16.1 Å². The Bertz CT molecular complexity index is 486. The minimum absolute atomic E-state index is 0.0418. The van der Waals surface area contributed by atoms with Crippen molar-refractivity contribution in [2.45, 2.75) is 38.5 Å². The molecule has 108 valence electrons. The molecule has 1 aromatic carbocycles. The molecule has 0 unspecified atom stereocenters. The molecular formula is C13H19F2NO2S. The van der Waals surface area contributed by atoms with Crippen molar-refractivity contribution in [1.82, 2.24) is 4.72 Å². The van der Waals surface area contributed by atoms with Crippen molar-refractivity contribution in [3.8, 4) is 5.75 Å². The molecule has 0 heterocycles. The summed E-state index contributed by atoms with van der Waals surface area (Å²) in [7, 11) is -0.115. The molecule has 0 saturated heterocycles. The Hall–Kier alpha value is -1.01. The highest BCUT2D eigenvalue weighted by Crippen LogP contribution is 2.31. The predicted octanol–water partition coefficient (Wildman–Crippen LogP) is 3.09. The van der Waals surface area contributed by atoms with Gasteiger partial charge in [-0.25, -0.2) is 17.7 Å². The van der Waals surface area contributed by atoms with E-state index in [1.165, 1.54) is 7.11 Å². The normalized spacial score (nSPS) is 15.1. The topological polar surface area (TPSA) is 38.3 Å². The van der Waals surface area contributed by atoms with Crippen molar-refractivity contribution in [3.63, 3.8) is 0 Å². The van der Waals surface area contributed by atoms with Crippen molar-refractivity contribution < 1.29 is 17.7 Å². The molecule has 0 saturated carbocycles. The van der Waals surface area contributed by atoms with Crippen LogP contribution in [0.2, 0.25) is 0 Å². The second kappa shape index (κ2) is 5.96. The van der Waals surface area contributed by atoms with E-state index >= 15 is 0 Å². The van der Waals surface area contributed by atoms with Crippen LogP contribution in [0.25, 0.3) is 0 Å². The summed E-state index contributed by atoms with van der Waals surface area (Å²) in [5.41, 5.74) is 0.0418. The molecule has 0 aliphatic carbocycles. The highest BCUT2D eigenvalue weighted by atomic mass is 32.2. The SMILES string of the molecule is COc1c(F)ccc(F)c1[C@@H](C)N[S@@](=O)C(C)(C)C. The van der Waals surface area contributed by atoms with Gasteiger partial charge in [-0.1, -0.05) is 0 Å². The molecule has 1 aromatic rings. The van der Waals surface area contributed by atoms with Gasteiger partial charge in [0.1, 0.15) is 5.82 Å². The van der Waals surface area contributed by atoms with E-state index in [4.69, 9.17) is 4.74 Å². The van der Waals surface area contributed by atoms with Crippen molar-refractivity contribution in [1.29, 1.82) is 0 Å². The summed E-state index contributed by atoms with van der Waals surface area (Å²) >= 11 is 0. The van der Waals surface area contributed by atoms with E-state index in [-0.39, 0.29) is 11.3 Å². The lowest BCUT2D eigenvalue weighted by atomic mass is 10.1. The minimum Gasteiger partial charge on any atom is -0.493 e. The zero-order valence-corrected chi connectivity index (χ0v) is 12.5. The third kappa shape index (κ3) is 3.73. The van der Waals surface area contributed by atoms with E-state index in [1.54, 1.807) is 27.7 Å². The maximum atomic E-state index is 13.8. The van der Waals surface area contributed by atoms with E-state index in [2.05, 4.69) is 4.72 Å². The van der Waals surface area contributed by atoms with Crippen LogP contribution in [0, 0.1) is 11.6 Å². The maximum Gasteiger partial charge on any atom is 0.165 e. The molecule has 0 fully saturated rings. The highest BCUT2D eigenvalue weighted by Gasteiger charge is 2.26. The van der Waals surface area contributed by atoms with Gasteiger partial charge in [0.15, 0.2) is 11.6 Å². The highest BCUT2D eigenvalue weighted by molar-refractivity contribution is 7.84. The summed E-state index contributed by atoms with van der Waals surface area (Å²) in [5.74, 6) is -1.40. The number of halogens is 2. The van der Waals surface area contributed by atoms with Crippen LogP contribution < -0.4 is 9.46 Å². The minimum atomic E-state index is -1.39. The lowest BCUT2D eigenvalue weighted by Gasteiger charge is -2.23. The van der Waals surface area contributed by atoms with Gasteiger partial charge in [0.2, 0.25) is 0 Å². The Labute approximate surface area is 114 Å². The quantitative estimate of drug-likeness (QED) is 0.926. The van der Waals surface area contributed by atoms with Gasteiger partial charge in [0.05, 0.1) is 28.4 Å². The Morgan fingerprint density at radius 1 is 1.26 bits per heavy atom. The van der Waals surface area contributed by atoms with Gasteiger partial charge < -0.3 is 4.74 Å². The van der Waals surface area contributed by atoms with Gasteiger partial charge in [-0.15, -0.1) is 0 Å². The number of ether oxygens (including phenoxy) is 1. The average molecular weight is 291 g/mol. The maximum absolute atomic E-state index is 13.8. The summed E-state index contributed by atoms with van der Waals surface area (Å²) < 4.78 is 46.5. The van der Waals surface area contributed by atoms with E-state index in [9.17, 15) is 13.0 Å². The first-order valence-corrected chi connectivity index (χ1v) is 7.03. The number of hydrogen-bond acceptors (Lipinski definition) is 2. The molecule has 0 radical (unpaired) electrons. The molecule has 1 rings (SSSR count). The molecule has 0 aromatic heterocycles. The van der Waals surface area contributed by atoms with Crippen molar-refractivity contribution in [2.75, 3.05) is 7.11 Å². The molecule has 0 bridgehead atoms. The van der Waals surface area contributed by atoms with Crippen LogP contribution >= 0.6 is 0 Å². The molecule has 3 nitrogen and oxygen atoms in total. The van der Waals surface area contributed by atoms with Gasteiger partial charge in [-0.3, -0.25) is 0 Å². The third-order valence-corrected chi connectivity index (χ3v) is 4.25. The van der Waals surface area contributed by atoms with Crippen LogP contribution in [0.4, 0.5) is 8.78 Å². The number of nitrogens with one attached hydrogen (secondary N) is 1. The fourth-order valence-corrected chi connectivity index (χ4v) is 2.35. The van der Waals surface area contributed by atoms with Gasteiger partial charge in [-0.2, -0.15) is 0 Å². The van der Waals surface area contributed by atoms with Gasteiger partial charge in [0, 0.05) is 6.04 Å². The van der Waals surface area contributed by atoms with Crippen LogP contribution in [-0.2, 0) is 11.0 Å². The lowest BCUT2D eigenvalue weighted by molar-refractivity contribution is 0.371. The fourth-order valence-electron chi connectivity index (χ4n) is 1.56. The Morgan fingerprint density at radius 2 is 1.79 bits per heavy atom. The van der Waals surface area contributed by atoms with Gasteiger partial charge in [-0.05, 0) is 39.8 Å². The smallest absolute Gasteiger partial charge is 0.165 e. The summed E-state index contributed by atoms with van der Waals surface area (Å²) in [6, 6.07) is 1.40. The molecule has 6 heteroatoms. The van der Waals surface area contributed by atoms with Crippen LogP contribution in [0.15, 0.2) is 12.1 Å². The number of methoxy groups -OCH3 is 1. The van der Waals surface area contributed by atoms with E-state index in [0.29, 0.717) is 0 Å². The zero-order chi connectivity index (χ0) is 14.8.